The number of aliphatic carboxylic acids is 1. The van der Waals surface area contributed by atoms with Crippen LogP contribution < -0.4 is 15.4 Å². The summed E-state index contributed by atoms with van der Waals surface area (Å²) in [6.07, 6.45) is 1.61. The van der Waals surface area contributed by atoms with E-state index in [4.69, 9.17) is 4.74 Å². The number of rotatable bonds is 10. The molecule has 7 heteroatoms. The van der Waals surface area contributed by atoms with Crippen LogP contribution in [0.15, 0.2) is 90.6 Å². The smallest absolute Gasteiger partial charge is 0.326 e. The number of carboxylic acids is 1. The van der Waals surface area contributed by atoms with E-state index in [1.165, 1.54) is 6.08 Å². The number of carboxylic acid groups (broad SMARTS) is 1. The largest absolute Gasteiger partial charge is 0.491 e. The summed E-state index contributed by atoms with van der Waals surface area (Å²) in [5.41, 5.74) is 1.69. The highest BCUT2D eigenvalue weighted by Crippen LogP contribution is 2.16. The van der Waals surface area contributed by atoms with E-state index in [1.807, 2.05) is 19.9 Å². The van der Waals surface area contributed by atoms with Gasteiger partial charge in [-0.2, -0.15) is 0 Å². The predicted octanol–water partition coefficient (Wildman–Crippen LogP) is 4.06. The highest BCUT2D eigenvalue weighted by atomic mass is 16.5. The number of benzene rings is 3. The summed E-state index contributed by atoms with van der Waals surface area (Å²) >= 11 is 0. The minimum Gasteiger partial charge on any atom is -0.491 e. The van der Waals surface area contributed by atoms with Crippen molar-refractivity contribution in [1.29, 1.82) is 0 Å². The maximum Gasteiger partial charge on any atom is 0.326 e. The number of amides is 2. The minimum atomic E-state index is -1.18. The molecule has 7 nitrogen and oxygen atoms in total. The van der Waals surface area contributed by atoms with Gasteiger partial charge in [0, 0.05) is 12.0 Å². The van der Waals surface area contributed by atoms with Gasteiger partial charge in [-0.25, -0.2) is 4.79 Å². The molecule has 0 unspecified atom stereocenters. The third kappa shape index (κ3) is 7.85. The van der Waals surface area contributed by atoms with Gasteiger partial charge < -0.3 is 20.5 Å². The molecule has 2 amide bonds. The molecule has 0 saturated heterocycles. The second-order valence-electron chi connectivity index (χ2n) is 8.17. The van der Waals surface area contributed by atoms with Gasteiger partial charge in [0.2, 0.25) is 0 Å². The van der Waals surface area contributed by atoms with Crippen LogP contribution in [-0.2, 0) is 16.0 Å². The third-order valence-corrected chi connectivity index (χ3v) is 4.98. The molecular formula is C28H28N2O5. The molecule has 180 valence electrons. The summed E-state index contributed by atoms with van der Waals surface area (Å²) in [5, 5.41) is 14.8. The zero-order valence-corrected chi connectivity index (χ0v) is 19.6. The summed E-state index contributed by atoms with van der Waals surface area (Å²) < 4.78 is 5.64. The summed E-state index contributed by atoms with van der Waals surface area (Å²) in [7, 11) is 0. The van der Waals surface area contributed by atoms with Gasteiger partial charge in [-0.1, -0.05) is 60.7 Å². The quantitative estimate of drug-likeness (QED) is 0.386. The Bertz CT molecular complexity index is 1170. The Morgan fingerprint density at radius 1 is 0.886 bits per heavy atom. The fraction of sp³-hybridized carbons (Fsp3) is 0.179. The molecule has 1 atom stereocenters. The number of hydrogen-bond donors (Lipinski definition) is 3. The fourth-order valence-electron chi connectivity index (χ4n) is 3.31. The molecular weight excluding hydrogens is 444 g/mol. The molecule has 0 aliphatic carbocycles. The predicted molar refractivity (Wildman–Crippen MR) is 134 cm³/mol. The minimum absolute atomic E-state index is 0.0143. The summed E-state index contributed by atoms with van der Waals surface area (Å²) in [6.45, 7) is 3.84. The summed E-state index contributed by atoms with van der Waals surface area (Å²) in [6, 6.07) is 23.3. The molecule has 0 aliphatic rings. The lowest BCUT2D eigenvalue weighted by molar-refractivity contribution is -0.141. The van der Waals surface area contributed by atoms with Crippen molar-refractivity contribution in [1.82, 2.24) is 10.6 Å². The Morgan fingerprint density at radius 2 is 1.49 bits per heavy atom. The third-order valence-electron chi connectivity index (χ3n) is 4.98. The van der Waals surface area contributed by atoms with Gasteiger partial charge in [-0.15, -0.1) is 0 Å². The fourth-order valence-corrected chi connectivity index (χ4v) is 3.31. The Morgan fingerprint density at radius 3 is 2.06 bits per heavy atom. The second kappa shape index (κ2) is 12.2. The number of carbonyl (C=O) groups excluding carboxylic acids is 2. The second-order valence-corrected chi connectivity index (χ2v) is 8.17. The van der Waals surface area contributed by atoms with Gasteiger partial charge in [-0.3, -0.25) is 9.59 Å². The summed E-state index contributed by atoms with van der Waals surface area (Å²) in [4.78, 5) is 37.8. The van der Waals surface area contributed by atoms with E-state index in [-0.39, 0.29) is 18.2 Å². The van der Waals surface area contributed by atoms with Crippen molar-refractivity contribution in [3.8, 4) is 5.75 Å². The maximum atomic E-state index is 13.1. The monoisotopic (exact) mass is 472 g/mol. The topological polar surface area (TPSA) is 105 Å². The van der Waals surface area contributed by atoms with E-state index in [2.05, 4.69) is 10.6 Å². The Balaban J connectivity index is 1.85. The number of ether oxygens (including phenoxy) is 1. The Kier molecular flexibility index (Phi) is 8.78. The van der Waals surface area contributed by atoms with Crippen LogP contribution in [0.5, 0.6) is 5.75 Å². The van der Waals surface area contributed by atoms with Crippen LogP contribution in [0.4, 0.5) is 0 Å². The molecule has 3 rings (SSSR count). The van der Waals surface area contributed by atoms with Gasteiger partial charge in [0.1, 0.15) is 17.5 Å². The first kappa shape index (κ1) is 25.2. The molecule has 0 saturated carbocycles. The molecule has 0 fully saturated rings. The average Bonchev–Trinajstić information content (AvgIpc) is 2.85. The summed E-state index contributed by atoms with van der Waals surface area (Å²) in [5.74, 6) is -1.70. The molecule has 3 N–H and O–H groups in total. The first-order chi connectivity index (χ1) is 16.8. The Labute approximate surface area is 204 Å². The van der Waals surface area contributed by atoms with Crippen molar-refractivity contribution >= 4 is 23.9 Å². The van der Waals surface area contributed by atoms with E-state index in [0.29, 0.717) is 16.9 Å². The number of hydrogen-bond acceptors (Lipinski definition) is 4. The van der Waals surface area contributed by atoms with Crippen molar-refractivity contribution in [3.05, 3.63) is 107 Å². The van der Waals surface area contributed by atoms with Crippen LogP contribution >= 0.6 is 0 Å². The van der Waals surface area contributed by atoms with Crippen LogP contribution in [0.2, 0.25) is 0 Å². The lowest BCUT2D eigenvalue weighted by atomic mass is 10.1. The lowest BCUT2D eigenvalue weighted by Crippen LogP contribution is -2.45. The van der Waals surface area contributed by atoms with Crippen LogP contribution in [0.25, 0.3) is 6.08 Å². The van der Waals surface area contributed by atoms with Crippen LogP contribution in [0.3, 0.4) is 0 Å². The molecule has 0 spiro atoms. The molecule has 0 heterocycles. The number of nitrogens with one attached hydrogen (secondary N) is 2. The van der Waals surface area contributed by atoms with Gasteiger partial charge >= 0.3 is 5.97 Å². The lowest BCUT2D eigenvalue weighted by Gasteiger charge is -2.17. The van der Waals surface area contributed by atoms with Crippen LogP contribution in [-0.4, -0.2) is 35.0 Å². The SMILES string of the molecule is CC(C)Oc1ccc(/C=C(\NC(=O)c2ccccc2)C(=O)N[C@@H](Cc2ccccc2)C(=O)O)cc1. The van der Waals surface area contributed by atoms with Gasteiger partial charge in [-0.05, 0) is 55.3 Å². The van der Waals surface area contributed by atoms with Crippen molar-refractivity contribution in [2.45, 2.75) is 32.4 Å². The van der Waals surface area contributed by atoms with E-state index in [1.54, 1.807) is 78.9 Å². The van der Waals surface area contributed by atoms with Crippen molar-refractivity contribution in [2.75, 3.05) is 0 Å². The highest BCUT2D eigenvalue weighted by Gasteiger charge is 2.23. The van der Waals surface area contributed by atoms with Crippen molar-refractivity contribution in [2.24, 2.45) is 0 Å². The van der Waals surface area contributed by atoms with Gasteiger partial charge in [0.05, 0.1) is 6.10 Å². The van der Waals surface area contributed by atoms with Gasteiger partial charge in [0.15, 0.2) is 0 Å². The zero-order valence-electron chi connectivity index (χ0n) is 19.6. The standard InChI is InChI=1S/C28H28N2O5/c1-19(2)35-23-15-13-21(14-16-23)17-24(29-26(31)22-11-7-4-8-12-22)27(32)30-25(28(33)34)18-20-9-5-3-6-10-20/h3-17,19,25H,18H2,1-2H3,(H,29,31)(H,30,32)(H,33,34)/b24-17-/t25-/m0/s1. The number of carbonyl (C=O) groups is 3. The van der Waals surface area contributed by atoms with Crippen LogP contribution in [0.1, 0.15) is 35.3 Å². The van der Waals surface area contributed by atoms with E-state index >= 15 is 0 Å². The zero-order chi connectivity index (χ0) is 25.2. The van der Waals surface area contributed by atoms with E-state index in [9.17, 15) is 19.5 Å². The van der Waals surface area contributed by atoms with Crippen molar-refractivity contribution < 1.29 is 24.2 Å². The highest BCUT2D eigenvalue weighted by molar-refractivity contribution is 6.06. The normalized spacial score (nSPS) is 12.0. The molecule has 0 radical (unpaired) electrons. The molecule has 0 aliphatic heterocycles. The van der Waals surface area contributed by atoms with Crippen molar-refractivity contribution in [3.63, 3.8) is 0 Å². The van der Waals surface area contributed by atoms with Crippen LogP contribution in [0, 0.1) is 0 Å². The molecule has 0 bridgehead atoms. The Hall–Kier alpha value is -4.39. The molecule has 3 aromatic rings. The van der Waals surface area contributed by atoms with E-state index in [0.717, 1.165) is 5.56 Å². The maximum absolute atomic E-state index is 13.1. The molecule has 3 aromatic carbocycles. The molecule has 35 heavy (non-hydrogen) atoms. The van der Waals surface area contributed by atoms with Gasteiger partial charge in [0.25, 0.3) is 11.8 Å². The average molecular weight is 473 g/mol. The first-order valence-electron chi connectivity index (χ1n) is 11.2. The van der Waals surface area contributed by atoms with E-state index < -0.39 is 23.8 Å². The first-order valence-corrected chi connectivity index (χ1v) is 11.2. The molecule has 0 aromatic heterocycles.